The largest absolute Gasteiger partial charge is 0.494 e. The van der Waals surface area contributed by atoms with Crippen LogP contribution in [0.15, 0.2) is 36.8 Å². The third-order valence-electron chi connectivity index (χ3n) is 3.12. The maximum absolute atomic E-state index is 5.51. The molecule has 0 atom stereocenters. The molecule has 3 rings (SSSR count). The van der Waals surface area contributed by atoms with E-state index in [0.29, 0.717) is 18.7 Å². The molecule has 0 aliphatic carbocycles. The quantitative estimate of drug-likeness (QED) is 0.731. The number of rotatable bonds is 5. The summed E-state index contributed by atoms with van der Waals surface area (Å²) in [5.74, 6) is 1.46. The Morgan fingerprint density at radius 1 is 1.29 bits per heavy atom. The van der Waals surface area contributed by atoms with Crippen LogP contribution in [0, 0.1) is 0 Å². The van der Waals surface area contributed by atoms with Crippen molar-refractivity contribution in [2.24, 2.45) is 5.73 Å². The lowest BCUT2D eigenvalue weighted by Crippen LogP contribution is -2.14. The summed E-state index contributed by atoms with van der Waals surface area (Å²) in [7, 11) is 1.63. The SMILES string of the molecule is COc1ccccc1-n1ncc2c(NCCN)ncnc21. The van der Waals surface area contributed by atoms with Crippen molar-refractivity contribution in [2.45, 2.75) is 0 Å². The van der Waals surface area contributed by atoms with Crippen LogP contribution in [0.1, 0.15) is 0 Å². The van der Waals surface area contributed by atoms with Crippen LogP contribution >= 0.6 is 0 Å². The molecule has 3 aromatic rings. The van der Waals surface area contributed by atoms with Crippen LogP contribution in [0.2, 0.25) is 0 Å². The summed E-state index contributed by atoms with van der Waals surface area (Å²) in [6.45, 7) is 1.18. The highest BCUT2D eigenvalue weighted by Gasteiger charge is 2.13. The van der Waals surface area contributed by atoms with E-state index in [2.05, 4.69) is 20.4 Å². The fourth-order valence-corrected chi connectivity index (χ4v) is 2.16. The minimum atomic E-state index is 0.534. The molecule has 0 aliphatic heterocycles. The van der Waals surface area contributed by atoms with Gasteiger partial charge in [0.25, 0.3) is 0 Å². The van der Waals surface area contributed by atoms with Crippen LogP contribution in [-0.4, -0.2) is 39.9 Å². The molecule has 0 unspecified atom stereocenters. The Hall–Kier alpha value is -2.67. The topological polar surface area (TPSA) is 90.9 Å². The normalized spacial score (nSPS) is 10.8. The number of nitrogens with two attached hydrogens (primary N) is 1. The molecule has 3 N–H and O–H groups in total. The molecule has 7 nitrogen and oxygen atoms in total. The molecule has 7 heteroatoms. The van der Waals surface area contributed by atoms with Crippen molar-refractivity contribution in [1.29, 1.82) is 0 Å². The van der Waals surface area contributed by atoms with Crippen molar-refractivity contribution in [3.63, 3.8) is 0 Å². The first kappa shape index (κ1) is 13.3. The molecule has 0 saturated heterocycles. The van der Waals surface area contributed by atoms with Crippen molar-refractivity contribution in [1.82, 2.24) is 19.7 Å². The van der Waals surface area contributed by atoms with E-state index < -0.39 is 0 Å². The summed E-state index contributed by atoms with van der Waals surface area (Å²) < 4.78 is 7.12. The summed E-state index contributed by atoms with van der Waals surface area (Å²) in [5, 5.41) is 8.42. The van der Waals surface area contributed by atoms with Crippen LogP contribution in [0.5, 0.6) is 5.75 Å². The van der Waals surface area contributed by atoms with Gasteiger partial charge >= 0.3 is 0 Å². The van der Waals surface area contributed by atoms with Gasteiger partial charge in [0.05, 0.1) is 18.7 Å². The maximum Gasteiger partial charge on any atom is 0.168 e. The number of nitrogens with one attached hydrogen (secondary N) is 1. The zero-order valence-electron chi connectivity index (χ0n) is 11.7. The molecule has 2 heterocycles. The predicted octanol–water partition coefficient (Wildman–Crippen LogP) is 1.19. The van der Waals surface area contributed by atoms with Crippen LogP contribution in [0.4, 0.5) is 5.82 Å². The van der Waals surface area contributed by atoms with Gasteiger partial charge in [-0.2, -0.15) is 5.10 Å². The molecule has 0 spiro atoms. The number of aromatic nitrogens is 4. The summed E-state index contributed by atoms with van der Waals surface area (Å²) in [5.41, 5.74) is 7.06. The Kier molecular flexibility index (Phi) is 3.65. The van der Waals surface area contributed by atoms with E-state index in [1.54, 1.807) is 18.0 Å². The highest BCUT2D eigenvalue weighted by molar-refractivity contribution is 5.87. The average molecular weight is 284 g/mol. The molecule has 21 heavy (non-hydrogen) atoms. The first-order valence-electron chi connectivity index (χ1n) is 6.61. The molecule has 0 bridgehead atoms. The first-order chi connectivity index (χ1) is 10.3. The molecular weight excluding hydrogens is 268 g/mol. The zero-order valence-corrected chi connectivity index (χ0v) is 11.7. The van der Waals surface area contributed by atoms with Gasteiger partial charge < -0.3 is 15.8 Å². The van der Waals surface area contributed by atoms with Crippen molar-refractivity contribution in [3.05, 3.63) is 36.8 Å². The molecule has 0 fully saturated rings. The first-order valence-corrected chi connectivity index (χ1v) is 6.61. The molecule has 0 saturated carbocycles. The molecule has 1 aromatic carbocycles. The minimum Gasteiger partial charge on any atom is -0.494 e. The fraction of sp³-hybridized carbons (Fsp3) is 0.214. The summed E-state index contributed by atoms with van der Waals surface area (Å²) in [6.07, 6.45) is 3.25. The van der Waals surface area contributed by atoms with E-state index in [9.17, 15) is 0 Å². The number of anilines is 1. The summed E-state index contributed by atoms with van der Waals surface area (Å²) in [4.78, 5) is 8.56. The van der Waals surface area contributed by atoms with Gasteiger partial charge in [-0.25, -0.2) is 14.6 Å². The molecular formula is C14H16N6O. The second kappa shape index (κ2) is 5.76. The standard InChI is InChI=1S/C14H16N6O/c1-21-12-5-3-2-4-11(12)20-14-10(8-19-20)13(16-7-6-15)17-9-18-14/h2-5,8-9H,6-7,15H2,1H3,(H,16,17,18). The number of ether oxygens (including phenoxy) is 1. The van der Waals surface area contributed by atoms with E-state index >= 15 is 0 Å². The van der Waals surface area contributed by atoms with Gasteiger partial charge in [0.1, 0.15) is 23.6 Å². The fourth-order valence-electron chi connectivity index (χ4n) is 2.16. The zero-order chi connectivity index (χ0) is 14.7. The van der Waals surface area contributed by atoms with E-state index in [0.717, 1.165) is 22.6 Å². The Balaban J connectivity index is 2.12. The predicted molar refractivity (Wildman–Crippen MR) is 80.8 cm³/mol. The number of para-hydroxylation sites is 2. The number of methoxy groups -OCH3 is 1. The second-order valence-electron chi connectivity index (χ2n) is 4.40. The van der Waals surface area contributed by atoms with Crippen LogP contribution in [0.3, 0.4) is 0 Å². The third kappa shape index (κ3) is 2.38. The lowest BCUT2D eigenvalue weighted by atomic mass is 10.3. The number of benzene rings is 1. The van der Waals surface area contributed by atoms with Crippen molar-refractivity contribution in [3.8, 4) is 11.4 Å². The summed E-state index contributed by atoms with van der Waals surface area (Å²) in [6, 6.07) is 7.66. The molecule has 0 aliphatic rings. The van der Waals surface area contributed by atoms with Gasteiger partial charge in [-0.05, 0) is 12.1 Å². The van der Waals surface area contributed by atoms with Gasteiger partial charge in [-0.15, -0.1) is 0 Å². The third-order valence-corrected chi connectivity index (χ3v) is 3.12. The lowest BCUT2D eigenvalue weighted by Gasteiger charge is -2.09. The van der Waals surface area contributed by atoms with Crippen LogP contribution in [-0.2, 0) is 0 Å². The highest BCUT2D eigenvalue weighted by Crippen LogP contribution is 2.26. The van der Waals surface area contributed by atoms with E-state index in [1.165, 1.54) is 6.33 Å². The second-order valence-corrected chi connectivity index (χ2v) is 4.40. The van der Waals surface area contributed by atoms with Crippen LogP contribution in [0.25, 0.3) is 16.7 Å². The Bertz CT molecular complexity index is 754. The Labute approximate surface area is 121 Å². The van der Waals surface area contributed by atoms with Gasteiger partial charge in [0.2, 0.25) is 0 Å². The average Bonchev–Trinajstić information content (AvgIpc) is 2.97. The smallest absolute Gasteiger partial charge is 0.168 e. The van der Waals surface area contributed by atoms with Crippen molar-refractivity contribution < 1.29 is 4.74 Å². The van der Waals surface area contributed by atoms with E-state index in [-0.39, 0.29) is 0 Å². The van der Waals surface area contributed by atoms with Crippen molar-refractivity contribution >= 4 is 16.9 Å². The monoisotopic (exact) mass is 284 g/mol. The van der Waals surface area contributed by atoms with Gasteiger partial charge in [-0.1, -0.05) is 12.1 Å². The lowest BCUT2D eigenvalue weighted by molar-refractivity contribution is 0.412. The molecule has 0 amide bonds. The molecule has 108 valence electrons. The van der Waals surface area contributed by atoms with Crippen LogP contribution < -0.4 is 15.8 Å². The number of hydrogen-bond donors (Lipinski definition) is 2. The van der Waals surface area contributed by atoms with Gasteiger partial charge in [0.15, 0.2) is 5.65 Å². The van der Waals surface area contributed by atoms with Gasteiger partial charge in [-0.3, -0.25) is 0 Å². The minimum absolute atomic E-state index is 0.534. The van der Waals surface area contributed by atoms with Gasteiger partial charge in [0, 0.05) is 13.1 Å². The Morgan fingerprint density at radius 3 is 2.95 bits per heavy atom. The summed E-state index contributed by atoms with van der Waals surface area (Å²) >= 11 is 0. The highest BCUT2D eigenvalue weighted by atomic mass is 16.5. The molecule has 2 aromatic heterocycles. The maximum atomic E-state index is 5.51. The Morgan fingerprint density at radius 2 is 2.14 bits per heavy atom. The molecule has 0 radical (unpaired) electrons. The van der Waals surface area contributed by atoms with E-state index in [1.807, 2.05) is 24.3 Å². The van der Waals surface area contributed by atoms with Crippen molar-refractivity contribution in [2.75, 3.05) is 25.5 Å². The number of fused-ring (bicyclic) bond motifs is 1. The number of hydrogen-bond acceptors (Lipinski definition) is 6. The van der Waals surface area contributed by atoms with E-state index in [4.69, 9.17) is 10.5 Å². The number of nitrogens with zero attached hydrogens (tertiary/aromatic N) is 4.